The fourth-order valence-corrected chi connectivity index (χ4v) is 4.07. The van der Waals surface area contributed by atoms with Crippen LogP contribution in [0.15, 0.2) is 36.4 Å². The molecule has 132 valence electrons. The maximum Gasteiger partial charge on any atom is 0.240 e. The molecule has 0 aliphatic carbocycles. The number of likely N-dealkylation sites (tertiary alicyclic amines) is 1. The number of amides is 1. The predicted octanol–water partition coefficient (Wildman–Crippen LogP) is 2.41. The van der Waals surface area contributed by atoms with E-state index in [0.29, 0.717) is 25.9 Å². The van der Waals surface area contributed by atoms with Crippen LogP contribution >= 0.6 is 0 Å². The summed E-state index contributed by atoms with van der Waals surface area (Å²) in [5.41, 5.74) is 1.12. The Morgan fingerprint density at radius 1 is 1.08 bits per heavy atom. The highest BCUT2D eigenvalue weighted by atomic mass is 19.1. The Labute approximate surface area is 146 Å². The zero-order valence-electron chi connectivity index (χ0n) is 14.1. The quantitative estimate of drug-likeness (QED) is 0.881. The van der Waals surface area contributed by atoms with Gasteiger partial charge in [0.05, 0.1) is 12.1 Å². The first-order valence-corrected chi connectivity index (χ1v) is 9.01. The molecule has 2 aromatic carbocycles. The normalized spacial score (nSPS) is 24.8. The van der Waals surface area contributed by atoms with Crippen molar-refractivity contribution in [1.29, 1.82) is 0 Å². The van der Waals surface area contributed by atoms with Gasteiger partial charge in [0.1, 0.15) is 5.82 Å². The maximum absolute atomic E-state index is 13.4. The molecule has 0 saturated carbocycles. The molecule has 2 atom stereocenters. The summed E-state index contributed by atoms with van der Waals surface area (Å²) in [5, 5.41) is 14.9. The molecule has 2 aliphatic rings. The zero-order chi connectivity index (χ0) is 17.4. The number of carbonyl (C=O) groups excluding carboxylic acids is 1. The van der Waals surface area contributed by atoms with Crippen LogP contribution in [0.2, 0.25) is 0 Å². The van der Waals surface area contributed by atoms with Gasteiger partial charge < -0.3 is 15.3 Å². The topological polar surface area (TPSA) is 52.6 Å². The fourth-order valence-electron chi connectivity index (χ4n) is 4.07. The van der Waals surface area contributed by atoms with E-state index in [0.717, 1.165) is 29.3 Å². The van der Waals surface area contributed by atoms with Crippen molar-refractivity contribution in [3.8, 4) is 0 Å². The van der Waals surface area contributed by atoms with Gasteiger partial charge >= 0.3 is 0 Å². The van der Waals surface area contributed by atoms with Crippen molar-refractivity contribution in [2.75, 3.05) is 19.6 Å². The summed E-state index contributed by atoms with van der Waals surface area (Å²) in [4.78, 5) is 14.8. The van der Waals surface area contributed by atoms with Crippen LogP contribution in [0.5, 0.6) is 0 Å². The number of hydrogen-bond donors (Lipinski definition) is 2. The number of fused-ring (bicyclic) bond motifs is 1. The zero-order valence-corrected chi connectivity index (χ0v) is 14.1. The molecule has 4 nitrogen and oxygen atoms in total. The molecular formula is C20H23FN2O2. The molecular weight excluding hydrogens is 319 g/mol. The van der Waals surface area contributed by atoms with Gasteiger partial charge in [0, 0.05) is 19.0 Å². The van der Waals surface area contributed by atoms with Crippen molar-refractivity contribution in [3.63, 3.8) is 0 Å². The van der Waals surface area contributed by atoms with E-state index in [1.54, 1.807) is 6.07 Å². The van der Waals surface area contributed by atoms with Crippen molar-refractivity contribution < 1.29 is 14.3 Å². The van der Waals surface area contributed by atoms with Crippen molar-refractivity contribution in [3.05, 3.63) is 47.8 Å². The summed E-state index contributed by atoms with van der Waals surface area (Å²) in [6.45, 7) is 2.07. The number of halogens is 1. The fraction of sp³-hybridized carbons (Fsp3) is 0.450. The maximum atomic E-state index is 13.4. The van der Waals surface area contributed by atoms with Gasteiger partial charge in [-0.2, -0.15) is 0 Å². The lowest BCUT2D eigenvalue weighted by atomic mass is 9.89. The molecule has 25 heavy (non-hydrogen) atoms. The molecule has 0 radical (unpaired) electrons. The molecule has 0 bridgehead atoms. The standard InChI is InChI=1S/C20H23FN2O2/c21-16-4-3-13-11-15(2-1-14(13)12-16)18-5-8-22-19(18)20(25)23-9-6-17(24)7-10-23/h1-4,11-12,17-19,22,24H,5-10H2/t18-,19-/m1/s1. The van der Waals surface area contributed by atoms with E-state index < -0.39 is 0 Å². The molecule has 2 saturated heterocycles. The first-order valence-electron chi connectivity index (χ1n) is 9.01. The molecule has 0 spiro atoms. The summed E-state index contributed by atoms with van der Waals surface area (Å²) in [6, 6.07) is 10.6. The minimum absolute atomic E-state index is 0.133. The van der Waals surface area contributed by atoms with Crippen molar-refractivity contribution in [2.45, 2.75) is 37.3 Å². The average Bonchev–Trinajstić information content (AvgIpc) is 3.11. The Balaban J connectivity index is 1.56. The number of piperidine rings is 1. The number of aliphatic hydroxyl groups excluding tert-OH is 1. The van der Waals surface area contributed by atoms with Gasteiger partial charge in [-0.1, -0.05) is 24.3 Å². The van der Waals surface area contributed by atoms with Gasteiger partial charge in [0.2, 0.25) is 5.91 Å². The number of rotatable bonds is 2. The summed E-state index contributed by atoms with van der Waals surface area (Å²) < 4.78 is 13.4. The van der Waals surface area contributed by atoms with E-state index in [2.05, 4.69) is 11.4 Å². The molecule has 1 amide bonds. The summed E-state index contributed by atoms with van der Waals surface area (Å²) in [7, 11) is 0. The Hall–Kier alpha value is -1.98. The van der Waals surface area contributed by atoms with Crippen LogP contribution in [0.3, 0.4) is 0 Å². The van der Waals surface area contributed by atoms with Crippen LogP contribution in [0.1, 0.15) is 30.7 Å². The first kappa shape index (κ1) is 16.5. The molecule has 2 N–H and O–H groups in total. The second kappa shape index (κ2) is 6.73. The van der Waals surface area contributed by atoms with Crippen molar-refractivity contribution in [1.82, 2.24) is 10.2 Å². The molecule has 2 heterocycles. The largest absolute Gasteiger partial charge is 0.393 e. The minimum Gasteiger partial charge on any atom is -0.393 e. The van der Waals surface area contributed by atoms with Crippen LogP contribution in [-0.4, -0.2) is 47.7 Å². The number of benzene rings is 2. The van der Waals surface area contributed by atoms with Crippen LogP contribution in [0.25, 0.3) is 10.8 Å². The number of nitrogens with one attached hydrogen (secondary N) is 1. The lowest BCUT2D eigenvalue weighted by Gasteiger charge is -2.33. The predicted molar refractivity (Wildman–Crippen MR) is 94.9 cm³/mol. The van der Waals surface area contributed by atoms with Gasteiger partial charge in [-0.15, -0.1) is 0 Å². The Morgan fingerprint density at radius 3 is 2.60 bits per heavy atom. The van der Waals surface area contributed by atoms with Gasteiger partial charge in [-0.25, -0.2) is 4.39 Å². The van der Waals surface area contributed by atoms with E-state index >= 15 is 0 Å². The number of nitrogens with zero attached hydrogens (tertiary/aromatic N) is 1. The Morgan fingerprint density at radius 2 is 1.80 bits per heavy atom. The SMILES string of the molecule is O=C([C@@H]1NCC[C@@H]1c1ccc2cc(F)ccc2c1)N1CCC(O)CC1. The molecule has 2 aliphatic heterocycles. The van der Waals surface area contributed by atoms with Gasteiger partial charge in [0.15, 0.2) is 0 Å². The number of aliphatic hydroxyl groups is 1. The Bertz CT molecular complexity index is 786. The molecule has 2 fully saturated rings. The number of hydrogen-bond acceptors (Lipinski definition) is 3. The van der Waals surface area contributed by atoms with Gasteiger partial charge in [-0.3, -0.25) is 4.79 Å². The minimum atomic E-state index is -0.280. The Kier molecular flexibility index (Phi) is 4.44. The third kappa shape index (κ3) is 3.26. The van der Waals surface area contributed by atoms with Crippen LogP contribution in [-0.2, 0) is 4.79 Å². The summed E-state index contributed by atoms with van der Waals surface area (Å²) in [5.74, 6) is 0.0329. The average molecular weight is 342 g/mol. The van der Waals surface area contributed by atoms with Crippen molar-refractivity contribution >= 4 is 16.7 Å². The summed E-state index contributed by atoms with van der Waals surface area (Å²) >= 11 is 0. The monoisotopic (exact) mass is 342 g/mol. The smallest absolute Gasteiger partial charge is 0.240 e. The number of carbonyl (C=O) groups is 1. The lowest BCUT2D eigenvalue weighted by molar-refractivity contribution is -0.135. The third-order valence-corrected chi connectivity index (χ3v) is 5.52. The highest BCUT2D eigenvalue weighted by molar-refractivity contribution is 5.86. The second-order valence-corrected chi connectivity index (χ2v) is 7.13. The van der Waals surface area contributed by atoms with E-state index in [1.807, 2.05) is 17.0 Å². The molecule has 4 rings (SSSR count). The molecule has 0 unspecified atom stereocenters. The van der Waals surface area contributed by atoms with E-state index in [9.17, 15) is 14.3 Å². The third-order valence-electron chi connectivity index (χ3n) is 5.52. The molecule has 0 aromatic heterocycles. The van der Waals surface area contributed by atoms with Crippen LogP contribution in [0, 0.1) is 5.82 Å². The highest BCUT2D eigenvalue weighted by Crippen LogP contribution is 2.31. The van der Waals surface area contributed by atoms with E-state index in [1.165, 1.54) is 12.1 Å². The van der Waals surface area contributed by atoms with Crippen LogP contribution < -0.4 is 5.32 Å². The van der Waals surface area contributed by atoms with Gasteiger partial charge in [0.25, 0.3) is 0 Å². The van der Waals surface area contributed by atoms with Gasteiger partial charge in [-0.05, 0) is 54.3 Å². The van der Waals surface area contributed by atoms with E-state index in [4.69, 9.17) is 0 Å². The summed E-state index contributed by atoms with van der Waals surface area (Å²) in [6.07, 6.45) is 1.95. The lowest BCUT2D eigenvalue weighted by Crippen LogP contribution is -2.49. The first-order chi connectivity index (χ1) is 12.1. The highest BCUT2D eigenvalue weighted by Gasteiger charge is 2.37. The van der Waals surface area contributed by atoms with E-state index in [-0.39, 0.29) is 29.8 Å². The van der Waals surface area contributed by atoms with Crippen LogP contribution in [0.4, 0.5) is 4.39 Å². The molecule has 2 aromatic rings. The second-order valence-electron chi connectivity index (χ2n) is 7.13. The van der Waals surface area contributed by atoms with Crippen molar-refractivity contribution in [2.24, 2.45) is 0 Å². The molecule has 5 heteroatoms.